The summed E-state index contributed by atoms with van der Waals surface area (Å²) in [4.78, 5) is 30.4. The Bertz CT molecular complexity index is 1390. The second kappa shape index (κ2) is 10.2. The lowest BCUT2D eigenvalue weighted by molar-refractivity contribution is -0.134. The van der Waals surface area contributed by atoms with Gasteiger partial charge in [-0.3, -0.25) is 14.3 Å². The fraction of sp³-hybridized carbons (Fsp3) is 0.593. The number of benzene rings is 1. The SMILES string of the molecule is C=CC(=O)N1C[C@@H](n2ncc3c(N4CCN(C(=O)C(C)C)CC4)cc(S(=O)(=O)NC4(C)CC4)cc32)C[C@H]1CF. The summed E-state index contributed by atoms with van der Waals surface area (Å²) in [6.45, 7) is 11.0. The van der Waals surface area contributed by atoms with Crippen LogP contribution in [0.1, 0.15) is 46.1 Å². The Morgan fingerprint density at radius 3 is 2.51 bits per heavy atom. The summed E-state index contributed by atoms with van der Waals surface area (Å²) in [6.07, 6.45) is 4.83. The van der Waals surface area contributed by atoms with E-state index in [9.17, 15) is 22.4 Å². The molecule has 1 aliphatic carbocycles. The predicted octanol–water partition coefficient (Wildman–Crippen LogP) is 2.47. The Balaban J connectivity index is 1.53. The third-order valence-corrected chi connectivity index (χ3v) is 9.78. The van der Waals surface area contributed by atoms with Crippen LogP contribution in [0.25, 0.3) is 10.9 Å². The van der Waals surface area contributed by atoms with Gasteiger partial charge < -0.3 is 14.7 Å². The van der Waals surface area contributed by atoms with Crippen LogP contribution >= 0.6 is 0 Å². The molecule has 0 unspecified atom stereocenters. The van der Waals surface area contributed by atoms with Gasteiger partial charge in [-0.15, -0.1) is 0 Å². The van der Waals surface area contributed by atoms with Crippen molar-refractivity contribution >= 4 is 38.4 Å². The van der Waals surface area contributed by atoms with Crippen molar-refractivity contribution in [1.29, 1.82) is 0 Å². The Hall–Kier alpha value is -2.99. The van der Waals surface area contributed by atoms with Crippen molar-refractivity contribution in [3.05, 3.63) is 31.0 Å². The van der Waals surface area contributed by atoms with E-state index in [0.717, 1.165) is 23.9 Å². The molecule has 1 aromatic heterocycles. The molecule has 0 radical (unpaired) electrons. The monoisotopic (exact) mass is 560 g/mol. The highest BCUT2D eigenvalue weighted by atomic mass is 32.2. The zero-order chi connectivity index (χ0) is 28.1. The molecule has 10 nitrogen and oxygen atoms in total. The van der Waals surface area contributed by atoms with E-state index in [1.165, 1.54) is 11.0 Å². The number of hydrogen-bond donors (Lipinski definition) is 1. The van der Waals surface area contributed by atoms with E-state index in [1.807, 2.05) is 25.7 Å². The van der Waals surface area contributed by atoms with E-state index < -0.39 is 28.3 Å². The highest BCUT2D eigenvalue weighted by molar-refractivity contribution is 7.89. The third-order valence-electron chi connectivity index (χ3n) is 8.16. The van der Waals surface area contributed by atoms with Gasteiger partial charge in [0.05, 0.1) is 28.7 Å². The molecule has 5 rings (SSSR count). The first-order valence-electron chi connectivity index (χ1n) is 13.5. The van der Waals surface area contributed by atoms with Crippen molar-refractivity contribution in [2.75, 3.05) is 44.3 Å². The number of piperazine rings is 1. The van der Waals surface area contributed by atoms with E-state index in [0.29, 0.717) is 38.1 Å². The number of amides is 2. The highest BCUT2D eigenvalue weighted by Gasteiger charge is 2.42. The smallest absolute Gasteiger partial charge is 0.246 e. The fourth-order valence-corrected chi connectivity index (χ4v) is 7.12. The number of hydrogen-bond acceptors (Lipinski definition) is 6. The third kappa shape index (κ3) is 5.28. The maximum absolute atomic E-state index is 13.8. The number of nitrogens with one attached hydrogen (secondary N) is 1. The zero-order valence-corrected chi connectivity index (χ0v) is 23.6. The second-order valence-electron chi connectivity index (χ2n) is 11.5. The Kier molecular flexibility index (Phi) is 7.21. The standard InChI is InChI=1S/C27H37FN6O4S/c1-5-25(35)33-17-20(12-19(33)15-28)34-24-14-21(39(37,38)30-27(4)6-7-27)13-23(22(24)16-29-34)31-8-10-32(11-9-31)26(36)18(2)3/h5,13-14,16,18-20,30H,1,6-12,15,17H2,2-4H3/t19-,20-/m0/s1. The van der Waals surface area contributed by atoms with Gasteiger partial charge in [0.2, 0.25) is 21.8 Å². The molecular weight excluding hydrogens is 523 g/mol. The predicted molar refractivity (Wildman–Crippen MR) is 147 cm³/mol. The molecule has 0 bridgehead atoms. The molecule has 1 N–H and O–H groups in total. The molecule has 2 atom stereocenters. The second-order valence-corrected chi connectivity index (χ2v) is 13.2. The Morgan fingerprint density at radius 2 is 1.92 bits per heavy atom. The number of carbonyl (C=O) groups is 2. The van der Waals surface area contributed by atoms with E-state index in [-0.39, 0.29) is 35.2 Å². The van der Waals surface area contributed by atoms with Crippen molar-refractivity contribution in [1.82, 2.24) is 24.3 Å². The highest BCUT2D eigenvalue weighted by Crippen LogP contribution is 2.39. The average molecular weight is 561 g/mol. The van der Waals surface area contributed by atoms with Crippen LogP contribution in [0.5, 0.6) is 0 Å². The van der Waals surface area contributed by atoms with Gasteiger partial charge in [0.15, 0.2) is 0 Å². The number of nitrogens with zero attached hydrogens (tertiary/aromatic N) is 5. The summed E-state index contributed by atoms with van der Waals surface area (Å²) in [5.74, 6) is -0.318. The van der Waals surface area contributed by atoms with Crippen molar-refractivity contribution in [2.24, 2.45) is 5.92 Å². The van der Waals surface area contributed by atoms with Crippen molar-refractivity contribution in [3.63, 3.8) is 0 Å². The first-order valence-corrected chi connectivity index (χ1v) is 15.0. The summed E-state index contributed by atoms with van der Waals surface area (Å²) in [5.41, 5.74) is 0.906. The molecular formula is C27H37FN6O4S. The maximum Gasteiger partial charge on any atom is 0.246 e. The normalized spacial score (nSPS) is 23.1. The molecule has 212 valence electrons. The average Bonchev–Trinajstić information content (AvgIpc) is 3.30. The lowest BCUT2D eigenvalue weighted by Gasteiger charge is -2.37. The number of likely N-dealkylation sites (tertiary alicyclic amines) is 1. The van der Waals surface area contributed by atoms with Crippen LogP contribution in [0.2, 0.25) is 0 Å². The number of aromatic nitrogens is 2. The molecule has 2 aliphatic heterocycles. The number of alkyl halides is 1. The minimum absolute atomic E-state index is 0.0862. The molecule has 3 heterocycles. The van der Waals surface area contributed by atoms with Gasteiger partial charge >= 0.3 is 0 Å². The van der Waals surface area contributed by atoms with Gasteiger partial charge in [0.25, 0.3) is 0 Å². The van der Waals surface area contributed by atoms with E-state index in [1.54, 1.807) is 23.0 Å². The van der Waals surface area contributed by atoms with E-state index in [2.05, 4.69) is 21.3 Å². The summed E-state index contributed by atoms with van der Waals surface area (Å²) >= 11 is 0. The van der Waals surface area contributed by atoms with Gasteiger partial charge in [-0.05, 0) is 44.4 Å². The molecule has 12 heteroatoms. The summed E-state index contributed by atoms with van der Waals surface area (Å²) in [7, 11) is -3.83. The van der Waals surface area contributed by atoms with Crippen molar-refractivity contribution in [3.8, 4) is 0 Å². The number of fused-ring (bicyclic) bond motifs is 1. The molecule has 0 spiro atoms. The summed E-state index contributed by atoms with van der Waals surface area (Å²) in [5, 5.41) is 5.40. The van der Waals surface area contributed by atoms with Gasteiger partial charge in [0.1, 0.15) is 6.67 Å². The number of carbonyl (C=O) groups excluding carboxylic acids is 2. The first-order chi connectivity index (χ1) is 18.5. The minimum atomic E-state index is -3.83. The molecule has 3 fully saturated rings. The largest absolute Gasteiger partial charge is 0.367 e. The molecule has 2 aromatic rings. The minimum Gasteiger partial charge on any atom is -0.367 e. The van der Waals surface area contributed by atoms with Crippen molar-refractivity contribution < 1.29 is 22.4 Å². The van der Waals surface area contributed by atoms with Crippen LogP contribution in [0.15, 0.2) is 35.9 Å². The molecule has 2 saturated heterocycles. The zero-order valence-electron chi connectivity index (χ0n) is 22.8. The van der Waals surface area contributed by atoms with Gasteiger partial charge in [-0.1, -0.05) is 20.4 Å². The fourth-order valence-electron chi connectivity index (χ4n) is 5.62. The number of rotatable bonds is 8. The van der Waals surface area contributed by atoms with Gasteiger partial charge in [-0.25, -0.2) is 17.5 Å². The number of sulfonamides is 1. The van der Waals surface area contributed by atoms with Crippen LogP contribution in [-0.2, 0) is 19.6 Å². The first kappa shape index (κ1) is 27.6. The lowest BCUT2D eigenvalue weighted by Crippen LogP contribution is -2.50. The lowest BCUT2D eigenvalue weighted by atomic mass is 10.1. The van der Waals surface area contributed by atoms with Crippen LogP contribution in [0.3, 0.4) is 0 Å². The topological polar surface area (TPSA) is 108 Å². The quantitative estimate of drug-likeness (QED) is 0.497. The summed E-state index contributed by atoms with van der Waals surface area (Å²) in [6, 6.07) is 2.41. The number of halogens is 1. The Labute approximate surface area is 228 Å². The maximum atomic E-state index is 13.8. The van der Waals surface area contributed by atoms with E-state index in [4.69, 9.17) is 0 Å². The van der Waals surface area contributed by atoms with E-state index >= 15 is 0 Å². The van der Waals surface area contributed by atoms with Crippen LogP contribution in [-0.4, -0.2) is 90.8 Å². The molecule has 1 saturated carbocycles. The van der Waals surface area contributed by atoms with Crippen LogP contribution in [0.4, 0.5) is 10.1 Å². The molecule has 1 aromatic carbocycles. The Morgan fingerprint density at radius 1 is 1.23 bits per heavy atom. The molecule has 3 aliphatic rings. The van der Waals surface area contributed by atoms with Gasteiger partial charge in [0, 0.05) is 55.3 Å². The molecule has 39 heavy (non-hydrogen) atoms. The number of anilines is 1. The van der Waals surface area contributed by atoms with Crippen molar-refractivity contribution in [2.45, 2.75) is 62.6 Å². The van der Waals surface area contributed by atoms with Crippen LogP contribution < -0.4 is 9.62 Å². The van der Waals surface area contributed by atoms with Crippen LogP contribution in [0, 0.1) is 5.92 Å². The summed E-state index contributed by atoms with van der Waals surface area (Å²) < 4.78 is 45.4. The molecule has 2 amide bonds. The van der Waals surface area contributed by atoms with Gasteiger partial charge in [-0.2, -0.15) is 5.10 Å².